The molecule has 0 fully saturated rings. The van der Waals surface area contributed by atoms with Crippen molar-refractivity contribution in [3.8, 4) is 0 Å². The maximum atomic E-state index is 11.6. The van der Waals surface area contributed by atoms with Crippen LogP contribution in [0.25, 0.3) is 5.65 Å². The Hall–Kier alpha value is -1.95. The van der Waals surface area contributed by atoms with E-state index in [4.69, 9.17) is 0 Å². The van der Waals surface area contributed by atoms with Gasteiger partial charge in [0.05, 0.1) is 11.7 Å². The lowest BCUT2D eigenvalue weighted by atomic mass is 10.1. The third-order valence-electron chi connectivity index (χ3n) is 3.49. The van der Waals surface area contributed by atoms with Crippen molar-refractivity contribution in [3.05, 3.63) is 29.2 Å². The maximum absolute atomic E-state index is 11.6. The topological polar surface area (TPSA) is 71.3 Å². The van der Waals surface area contributed by atoms with Crippen molar-refractivity contribution in [1.29, 1.82) is 0 Å². The minimum atomic E-state index is -0.260. The summed E-state index contributed by atoms with van der Waals surface area (Å²) in [6.07, 6.45) is 1.85. The van der Waals surface area contributed by atoms with Crippen molar-refractivity contribution in [2.75, 3.05) is 7.05 Å². The maximum Gasteiger partial charge on any atom is 0.236 e. The van der Waals surface area contributed by atoms with Gasteiger partial charge in [-0.15, -0.1) is 0 Å². The Balaban J connectivity index is 2.28. The molecule has 0 radical (unpaired) electrons. The summed E-state index contributed by atoms with van der Waals surface area (Å²) in [6, 6.07) is 1.70. The normalized spacial score (nSPS) is 14.2. The van der Waals surface area contributed by atoms with E-state index in [1.807, 2.05) is 44.5 Å². The van der Waals surface area contributed by atoms with Crippen molar-refractivity contribution in [2.24, 2.45) is 0 Å². The van der Waals surface area contributed by atoms with Gasteiger partial charge in [0, 0.05) is 36.6 Å². The van der Waals surface area contributed by atoms with Crippen molar-refractivity contribution >= 4 is 11.6 Å². The van der Waals surface area contributed by atoms with Crippen LogP contribution in [0.4, 0.5) is 0 Å². The van der Waals surface area contributed by atoms with Crippen LogP contribution in [-0.4, -0.2) is 33.6 Å². The highest BCUT2D eigenvalue weighted by atomic mass is 16.2. The van der Waals surface area contributed by atoms with Crippen LogP contribution < -0.4 is 10.6 Å². The number of carbonyl (C=O) groups excluding carboxylic acids is 1. The minimum absolute atomic E-state index is 0.0173. The standard InChI is InChI=1S/C14H21N5O/c1-8-6-13-16-7-12(11(4)19(13)18-8)9(2)17-10(3)14(20)15-5/h6-7,9-10,17H,1-5H3,(H,15,20). The second-order valence-electron chi connectivity index (χ2n) is 5.08. The largest absolute Gasteiger partial charge is 0.358 e. The van der Waals surface area contributed by atoms with Gasteiger partial charge in [-0.05, 0) is 27.7 Å². The zero-order valence-electron chi connectivity index (χ0n) is 12.6. The van der Waals surface area contributed by atoms with Gasteiger partial charge < -0.3 is 5.32 Å². The average molecular weight is 275 g/mol. The van der Waals surface area contributed by atoms with E-state index in [0.717, 1.165) is 22.6 Å². The second-order valence-corrected chi connectivity index (χ2v) is 5.08. The fourth-order valence-corrected chi connectivity index (χ4v) is 2.36. The van der Waals surface area contributed by atoms with Crippen LogP contribution in [0.2, 0.25) is 0 Å². The van der Waals surface area contributed by atoms with E-state index in [9.17, 15) is 4.79 Å². The first-order valence-corrected chi connectivity index (χ1v) is 6.73. The second kappa shape index (κ2) is 5.58. The monoisotopic (exact) mass is 275 g/mol. The molecule has 6 heteroatoms. The fourth-order valence-electron chi connectivity index (χ4n) is 2.36. The van der Waals surface area contributed by atoms with Crippen molar-refractivity contribution in [2.45, 2.75) is 39.8 Å². The van der Waals surface area contributed by atoms with Gasteiger partial charge in [-0.2, -0.15) is 5.10 Å². The Morgan fingerprint density at radius 2 is 2.05 bits per heavy atom. The zero-order valence-corrected chi connectivity index (χ0v) is 12.6. The van der Waals surface area contributed by atoms with Gasteiger partial charge in [0.25, 0.3) is 0 Å². The molecule has 2 rings (SSSR count). The molecule has 2 heterocycles. The van der Waals surface area contributed by atoms with Gasteiger partial charge in [-0.1, -0.05) is 0 Å². The van der Waals surface area contributed by atoms with Crippen molar-refractivity contribution < 1.29 is 4.79 Å². The molecule has 0 aliphatic carbocycles. The highest BCUT2D eigenvalue weighted by Crippen LogP contribution is 2.18. The predicted octanol–water partition coefficient (Wildman–Crippen LogP) is 1.13. The number of nitrogens with zero attached hydrogens (tertiary/aromatic N) is 3. The number of likely N-dealkylation sites (N-methyl/N-ethyl adjacent to an activating group) is 1. The number of amides is 1. The molecule has 2 N–H and O–H groups in total. The van der Waals surface area contributed by atoms with Crippen molar-refractivity contribution in [1.82, 2.24) is 25.2 Å². The predicted molar refractivity (Wildman–Crippen MR) is 77.5 cm³/mol. The lowest BCUT2D eigenvalue weighted by Gasteiger charge is -2.20. The number of fused-ring (bicyclic) bond motifs is 1. The fraction of sp³-hybridized carbons (Fsp3) is 0.500. The van der Waals surface area contributed by atoms with E-state index in [2.05, 4.69) is 20.7 Å². The molecule has 108 valence electrons. The smallest absolute Gasteiger partial charge is 0.236 e. The average Bonchev–Trinajstić information content (AvgIpc) is 2.79. The summed E-state index contributed by atoms with van der Waals surface area (Å²) in [4.78, 5) is 16.0. The lowest BCUT2D eigenvalue weighted by molar-refractivity contribution is -0.122. The van der Waals surface area contributed by atoms with Gasteiger partial charge in [0.2, 0.25) is 5.91 Å². The summed E-state index contributed by atoms with van der Waals surface area (Å²) < 4.78 is 1.84. The van der Waals surface area contributed by atoms with Gasteiger partial charge in [0.15, 0.2) is 5.65 Å². The third-order valence-corrected chi connectivity index (χ3v) is 3.49. The molecule has 2 aromatic rings. The molecule has 0 aromatic carbocycles. The molecule has 20 heavy (non-hydrogen) atoms. The minimum Gasteiger partial charge on any atom is -0.358 e. The summed E-state index contributed by atoms with van der Waals surface area (Å²) in [6.45, 7) is 7.82. The zero-order chi connectivity index (χ0) is 14.9. The molecule has 0 spiro atoms. The van der Waals surface area contributed by atoms with Crippen LogP contribution in [0, 0.1) is 13.8 Å². The molecule has 2 atom stereocenters. The molecule has 0 bridgehead atoms. The third kappa shape index (κ3) is 2.65. The van der Waals surface area contributed by atoms with Crippen LogP contribution in [-0.2, 0) is 4.79 Å². The lowest BCUT2D eigenvalue weighted by Crippen LogP contribution is -2.41. The quantitative estimate of drug-likeness (QED) is 0.877. The molecule has 2 aromatic heterocycles. The summed E-state index contributed by atoms with van der Waals surface area (Å²) in [7, 11) is 1.64. The number of aryl methyl sites for hydroxylation is 2. The molecule has 1 amide bonds. The van der Waals surface area contributed by atoms with E-state index in [-0.39, 0.29) is 18.0 Å². The molecular formula is C14H21N5O. The molecule has 0 saturated heterocycles. The summed E-state index contributed by atoms with van der Waals surface area (Å²) >= 11 is 0. The van der Waals surface area contributed by atoms with Crippen LogP contribution >= 0.6 is 0 Å². The van der Waals surface area contributed by atoms with Gasteiger partial charge in [-0.3, -0.25) is 10.1 Å². The molecule has 2 unspecified atom stereocenters. The molecule has 0 saturated carbocycles. The van der Waals surface area contributed by atoms with E-state index in [0.29, 0.717) is 0 Å². The molecule has 0 aliphatic rings. The highest BCUT2D eigenvalue weighted by Gasteiger charge is 2.18. The first-order chi connectivity index (χ1) is 9.43. The van der Waals surface area contributed by atoms with E-state index in [1.165, 1.54) is 0 Å². The van der Waals surface area contributed by atoms with Crippen LogP contribution in [0.5, 0.6) is 0 Å². The Labute approximate surface area is 118 Å². The van der Waals surface area contributed by atoms with Crippen LogP contribution in [0.3, 0.4) is 0 Å². The highest BCUT2D eigenvalue weighted by molar-refractivity contribution is 5.80. The number of nitrogens with one attached hydrogen (secondary N) is 2. The van der Waals surface area contributed by atoms with Gasteiger partial charge >= 0.3 is 0 Å². The number of hydrogen-bond acceptors (Lipinski definition) is 4. The Bertz CT molecular complexity index is 634. The van der Waals surface area contributed by atoms with Crippen molar-refractivity contribution in [3.63, 3.8) is 0 Å². The van der Waals surface area contributed by atoms with E-state index >= 15 is 0 Å². The van der Waals surface area contributed by atoms with E-state index in [1.54, 1.807) is 7.05 Å². The molecular weight excluding hydrogens is 254 g/mol. The number of hydrogen-bond donors (Lipinski definition) is 2. The Morgan fingerprint density at radius 1 is 1.35 bits per heavy atom. The Kier molecular flexibility index (Phi) is 4.04. The van der Waals surface area contributed by atoms with E-state index < -0.39 is 0 Å². The molecule has 6 nitrogen and oxygen atoms in total. The summed E-state index contributed by atoms with van der Waals surface area (Å²) in [5.41, 5.74) is 3.86. The molecule has 0 aliphatic heterocycles. The first-order valence-electron chi connectivity index (χ1n) is 6.73. The Morgan fingerprint density at radius 3 is 2.70 bits per heavy atom. The number of rotatable bonds is 4. The van der Waals surface area contributed by atoms with Gasteiger partial charge in [0.1, 0.15) is 0 Å². The van der Waals surface area contributed by atoms with Gasteiger partial charge in [-0.25, -0.2) is 9.50 Å². The van der Waals surface area contributed by atoms with Crippen LogP contribution in [0.15, 0.2) is 12.3 Å². The summed E-state index contributed by atoms with van der Waals surface area (Å²) in [5.74, 6) is -0.0292. The van der Waals surface area contributed by atoms with Crippen LogP contribution in [0.1, 0.15) is 36.8 Å². The SMILES string of the molecule is CNC(=O)C(C)NC(C)c1cnc2cc(C)nn2c1C. The number of carbonyl (C=O) groups is 1. The first kappa shape index (κ1) is 14.5. The number of aromatic nitrogens is 3. The summed E-state index contributed by atoms with van der Waals surface area (Å²) in [5, 5.41) is 10.3.